The number of ether oxygens (including phenoxy) is 1. The second kappa shape index (κ2) is 7.11. The molecule has 0 saturated carbocycles. The van der Waals surface area contributed by atoms with E-state index in [1.54, 1.807) is 13.0 Å². The van der Waals surface area contributed by atoms with Crippen LogP contribution in [-0.4, -0.2) is 35.5 Å². The van der Waals surface area contributed by atoms with Gasteiger partial charge in [-0.15, -0.1) is 0 Å². The summed E-state index contributed by atoms with van der Waals surface area (Å²) in [7, 11) is 0. The van der Waals surface area contributed by atoms with Crippen molar-refractivity contribution in [2.24, 2.45) is 0 Å². The van der Waals surface area contributed by atoms with Crippen LogP contribution in [-0.2, 0) is 9.59 Å². The summed E-state index contributed by atoms with van der Waals surface area (Å²) in [5.74, 6) is -1.53. The number of rotatable bonds is 4. The van der Waals surface area contributed by atoms with Gasteiger partial charge in [0.25, 0.3) is 5.91 Å². The molecule has 0 spiro atoms. The summed E-state index contributed by atoms with van der Waals surface area (Å²) < 4.78 is 5.53. The van der Waals surface area contributed by atoms with Crippen molar-refractivity contribution in [2.45, 2.75) is 26.9 Å². The summed E-state index contributed by atoms with van der Waals surface area (Å²) in [5.41, 5.74) is 2.95. The summed E-state index contributed by atoms with van der Waals surface area (Å²) in [6, 6.07) is 9.82. The molecule has 3 rings (SSSR count). The standard InChI is InChI=1S/C20H20N2O5/c1-11-5-4-6-15(12(11)2)21-18(23)10-22-16-9-14(20(25)26)7-8-17(16)27-13(3)19(22)24/h4-9,13H,10H2,1-3H3,(H,21,23)(H,25,26). The van der Waals surface area contributed by atoms with Crippen LogP contribution in [0.2, 0.25) is 0 Å². The van der Waals surface area contributed by atoms with Crippen LogP contribution in [0.5, 0.6) is 5.75 Å². The van der Waals surface area contributed by atoms with Gasteiger partial charge in [-0.2, -0.15) is 0 Å². The quantitative estimate of drug-likeness (QED) is 0.865. The highest BCUT2D eigenvalue weighted by atomic mass is 16.5. The fraction of sp³-hybridized carbons (Fsp3) is 0.250. The third-order valence-electron chi connectivity index (χ3n) is 4.59. The number of amides is 2. The average Bonchev–Trinajstić information content (AvgIpc) is 2.62. The number of hydrogen-bond donors (Lipinski definition) is 2. The third kappa shape index (κ3) is 3.62. The van der Waals surface area contributed by atoms with E-state index in [1.807, 2.05) is 26.0 Å². The van der Waals surface area contributed by atoms with Gasteiger partial charge in [-0.05, 0) is 56.2 Å². The Bertz CT molecular complexity index is 938. The van der Waals surface area contributed by atoms with Crippen LogP contribution >= 0.6 is 0 Å². The number of carbonyl (C=O) groups is 3. The first-order valence-corrected chi connectivity index (χ1v) is 8.49. The third-order valence-corrected chi connectivity index (χ3v) is 4.59. The number of aromatic carboxylic acids is 1. The molecule has 0 aromatic heterocycles. The Hall–Kier alpha value is -3.35. The van der Waals surface area contributed by atoms with E-state index >= 15 is 0 Å². The van der Waals surface area contributed by atoms with Crippen molar-refractivity contribution in [2.75, 3.05) is 16.8 Å². The molecule has 7 heteroatoms. The number of anilines is 2. The van der Waals surface area contributed by atoms with Crippen molar-refractivity contribution < 1.29 is 24.2 Å². The van der Waals surface area contributed by atoms with Gasteiger partial charge in [0.2, 0.25) is 5.91 Å². The van der Waals surface area contributed by atoms with Gasteiger partial charge in [0.05, 0.1) is 11.3 Å². The van der Waals surface area contributed by atoms with Crippen LogP contribution in [0, 0.1) is 13.8 Å². The number of carboxylic acid groups (broad SMARTS) is 1. The molecule has 0 saturated heterocycles. The van der Waals surface area contributed by atoms with Crippen molar-refractivity contribution in [1.29, 1.82) is 0 Å². The predicted octanol–water partition coefficient (Wildman–Crippen LogP) is 2.75. The van der Waals surface area contributed by atoms with Gasteiger partial charge in [0, 0.05) is 5.69 Å². The van der Waals surface area contributed by atoms with Crippen LogP contribution < -0.4 is 15.0 Å². The van der Waals surface area contributed by atoms with Crippen molar-refractivity contribution in [3.8, 4) is 5.75 Å². The maximum absolute atomic E-state index is 12.6. The Morgan fingerprint density at radius 1 is 1.22 bits per heavy atom. The van der Waals surface area contributed by atoms with E-state index in [9.17, 15) is 19.5 Å². The molecule has 1 aliphatic heterocycles. The maximum Gasteiger partial charge on any atom is 0.335 e. The number of aryl methyl sites for hydroxylation is 1. The zero-order chi connectivity index (χ0) is 19.7. The second-order valence-corrected chi connectivity index (χ2v) is 6.47. The molecule has 27 heavy (non-hydrogen) atoms. The Labute approximate surface area is 156 Å². The SMILES string of the molecule is Cc1cccc(NC(=O)CN2C(=O)C(C)Oc3ccc(C(=O)O)cc32)c1C. The molecular weight excluding hydrogens is 348 g/mol. The molecule has 2 amide bonds. The Morgan fingerprint density at radius 2 is 1.96 bits per heavy atom. The van der Waals surface area contributed by atoms with Gasteiger partial charge in [-0.3, -0.25) is 14.5 Å². The molecule has 7 nitrogen and oxygen atoms in total. The molecule has 1 unspecified atom stereocenters. The monoisotopic (exact) mass is 368 g/mol. The summed E-state index contributed by atoms with van der Waals surface area (Å²) >= 11 is 0. The number of benzene rings is 2. The van der Waals surface area contributed by atoms with Crippen molar-refractivity contribution >= 4 is 29.2 Å². The first kappa shape index (κ1) is 18.4. The van der Waals surface area contributed by atoms with Crippen molar-refractivity contribution in [3.63, 3.8) is 0 Å². The number of carboxylic acids is 1. The minimum absolute atomic E-state index is 0.0136. The first-order chi connectivity index (χ1) is 12.8. The minimum Gasteiger partial charge on any atom is -0.479 e. The topological polar surface area (TPSA) is 95.9 Å². The van der Waals surface area contributed by atoms with Crippen LogP contribution in [0.1, 0.15) is 28.4 Å². The number of carbonyl (C=O) groups excluding carboxylic acids is 2. The van der Waals surface area contributed by atoms with E-state index in [1.165, 1.54) is 23.1 Å². The number of hydrogen-bond acceptors (Lipinski definition) is 4. The lowest BCUT2D eigenvalue weighted by atomic mass is 10.1. The van der Waals surface area contributed by atoms with Crippen LogP contribution in [0.15, 0.2) is 36.4 Å². The zero-order valence-electron chi connectivity index (χ0n) is 15.3. The molecule has 140 valence electrons. The van der Waals surface area contributed by atoms with Gasteiger partial charge in [0.15, 0.2) is 6.10 Å². The normalized spacial score (nSPS) is 15.7. The van der Waals surface area contributed by atoms with Gasteiger partial charge in [-0.25, -0.2) is 4.79 Å². The highest BCUT2D eigenvalue weighted by Crippen LogP contribution is 2.35. The number of nitrogens with one attached hydrogen (secondary N) is 1. The molecule has 0 bridgehead atoms. The zero-order valence-corrected chi connectivity index (χ0v) is 15.3. The molecule has 1 atom stereocenters. The first-order valence-electron chi connectivity index (χ1n) is 8.49. The summed E-state index contributed by atoms with van der Waals surface area (Å²) in [5, 5.41) is 12.0. The molecule has 2 aromatic carbocycles. The molecule has 2 aromatic rings. The molecule has 2 N–H and O–H groups in total. The van der Waals surface area contributed by atoms with E-state index in [2.05, 4.69) is 5.32 Å². The lowest BCUT2D eigenvalue weighted by molar-refractivity contribution is -0.127. The number of nitrogens with zero attached hydrogens (tertiary/aromatic N) is 1. The van der Waals surface area contributed by atoms with Crippen LogP contribution in [0.3, 0.4) is 0 Å². The Kier molecular flexibility index (Phi) is 4.85. The lowest BCUT2D eigenvalue weighted by Crippen LogP contribution is -2.47. The van der Waals surface area contributed by atoms with E-state index in [4.69, 9.17) is 4.74 Å². The summed E-state index contributed by atoms with van der Waals surface area (Å²) in [6.45, 7) is 5.20. The molecule has 0 fully saturated rings. The van der Waals surface area contributed by atoms with Gasteiger partial charge in [0.1, 0.15) is 12.3 Å². The molecular formula is C20H20N2O5. The smallest absolute Gasteiger partial charge is 0.335 e. The molecule has 0 aliphatic carbocycles. The fourth-order valence-electron chi connectivity index (χ4n) is 2.92. The highest BCUT2D eigenvalue weighted by molar-refractivity contribution is 6.07. The van der Waals surface area contributed by atoms with Crippen LogP contribution in [0.25, 0.3) is 0 Å². The van der Waals surface area contributed by atoms with E-state index in [0.29, 0.717) is 11.4 Å². The Balaban J connectivity index is 1.88. The fourth-order valence-corrected chi connectivity index (χ4v) is 2.92. The van der Waals surface area contributed by atoms with E-state index < -0.39 is 18.0 Å². The van der Waals surface area contributed by atoms with Crippen molar-refractivity contribution in [3.05, 3.63) is 53.1 Å². The predicted molar refractivity (Wildman–Crippen MR) is 100 cm³/mol. The molecule has 0 radical (unpaired) electrons. The van der Waals surface area contributed by atoms with Gasteiger partial charge >= 0.3 is 5.97 Å². The van der Waals surface area contributed by atoms with Gasteiger partial charge in [-0.1, -0.05) is 12.1 Å². The van der Waals surface area contributed by atoms with Crippen LogP contribution in [0.4, 0.5) is 11.4 Å². The largest absolute Gasteiger partial charge is 0.479 e. The van der Waals surface area contributed by atoms with Crippen molar-refractivity contribution in [1.82, 2.24) is 0 Å². The lowest BCUT2D eigenvalue weighted by Gasteiger charge is -2.32. The molecule has 1 heterocycles. The van der Waals surface area contributed by atoms with Gasteiger partial charge < -0.3 is 15.2 Å². The summed E-state index contributed by atoms with van der Waals surface area (Å²) in [4.78, 5) is 37.6. The molecule has 1 aliphatic rings. The van der Waals surface area contributed by atoms with E-state index in [-0.39, 0.29) is 23.7 Å². The summed E-state index contributed by atoms with van der Waals surface area (Å²) in [6.07, 6.45) is -0.762. The maximum atomic E-state index is 12.6. The van der Waals surface area contributed by atoms with E-state index in [0.717, 1.165) is 11.1 Å². The Morgan fingerprint density at radius 3 is 2.67 bits per heavy atom. The number of fused-ring (bicyclic) bond motifs is 1. The highest BCUT2D eigenvalue weighted by Gasteiger charge is 2.33. The second-order valence-electron chi connectivity index (χ2n) is 6.47. The average molecular weight is 368 g/mol. The minimum atomic E-state index is -1.12.